The van der Waals surface area contributed by atoms with E-state index in [4.69, 9.17) is 23.2 Å². The van der Waals surface area contributed by atoms with Crippen molar-refractivity contribution in [3.63, 3.8) is 0 Å². The lowest BCUT2D eigenvalue weighted by Gasteiger charge is -2.25. The van der Waals surface area contributed by atoms with Gasteiger partial charge >= 0.3 is 0 Å². The lowest BCUT2D eigenvalue weighted by molar-refractivity contribution is -0.123. The molecule has 0 saturated carbocycles. The molecule has 29 heavy (non-hydrogen) atoms. The van der Waals surface area contributed by atoms with Crippen LogP contribution < -0.4 is 5.32 Å². The molecule has 0 unspecified atom stereocenters. The van der Waals surface area contributed by atoms with Crippen LogP contribution in [0.25, 0.3) is 16.9 Å². The van der Waals surface area contributed by atoms with Crippen LogP contribution in [0.1, 0.15) is 10.5 Å². The normalized spacial score (nSPS) is 14.0. The Morgan fingerprint density at radius 3 is 2.72 bits per heavy atom. The van der Waals surface area contributed by atoms with Crippen LogP contribution in [-0.2, 0) is 4.79 Å². The van der Waals surface area contributed by atoms with E-state index in [1.54, 1.807) is 18.2 Å². The highest BCUT2D eigenvalue weighted by Gasteiger charge is 2.26. The zero-order chi connectivity index (χ0) is 20.5. The van der Waals surface area contributed by atoms with Crippen molar-refractivity contribution >= 4 is 35.0 Å². The zero-order valence-corrected chi connectivity index (χ0v) is 16.4. The molecule has 148 valence electrons. The third-order valence-electron chi connectivity index (χ3n) is 4.37. The third-order valence-corrected chi connectivity index (χ3v) is 4.79. The number of halogens is 3. The van der Waals surface area contributed by atoms with Crippen molar-refractivity contribution in [2.45, 2.75) is 0 Å². The second-order valence-corrected chi connectivity index (χ2v) is 7.22. The molecule has 1 saturated heterocycles. The molecule has 0 atom stereocenters. The van der Waals surface area contributed by atoms with Crippen molar-refractivity contribution in [2.75, 3.05) is 19.6 Å². The quantitative estimate of drug-likeness (QED) is 0.643. The summed E-state index contributed by atoms with van der Waals surface area (Å²) in [6.45, 7) is 0.700. The van der Waals surface area contributed by atoms with Gasteiger partial charge in [0.1, 0.15) is 11.0 Å². The van der Waals surface area contributed by atoms with Gasteiger partial charge in [-0.3, -0.25) is 9.59 Å². The SMILES string of the molecule is O=C1CN(C(=O)c2cc(-c3cc(F)cc(Cl)c3)n(-c3ccnc(Cl)c3)n2)CCN1. The minimum absolute atomic E-state index is 0.0477. The first-order chi connectivity index (χ1) is 13.9. The van der Waals surface area contributed by atoms with E-state index in [0.29, 0.717) is 30.0 Å². The van der Waals surface area contributed by atoms with Gasteiger partial charge in [0.05, 0.1) is 17.9 Å². The average Bonchev–Trinajstić information content (AvgIpc) is 3.12. The van der Waals surface area contributed by atoms with E-state index in [9.17, 15) is 14.0 Å². The highest BCUT2D eigenvalue weighted by atomic mass is 35.5. The number of nitrogens with zero attached hydrogens (tertiary/aromatic N) is 4. The Morgan fingerprint density at radius 1 is 1.17 bits per heavy atom. The fraction of sp³-hybridized carbons (Fsp3) is 0.158. The second kappa shape index (κ2) is 7.81. The molecule has 1 fully saturated rings. The molecule has 10 heteroatoms. The van der Waals surface area contributed by atoms with E-state index >= 15 is 0 Å². The van der Waals surface area contributed by atoms with Crippen molar-refractivity contribution in [1.82, 2.24) is 25.0 Å². The summed E-state index contributed by atoms with van der Waals surface area (Å²) < 4.78 is 15.4. The van der Waals surface area contributed by atoms with Crippen molar-refractivity contribution in [3.8, 4) is 16.9 Å². The summed E-state index contributed by atoms with van der Waals surface area (Å²) in [5.41, 5.74) is 1.53. The van der Waals surface area contributed by atoms with Gasteiger partial charge in [0.25, 0.3) is 5.91 Å². The summed E-state index contributed by atoms with van der Waals surface area (Å²) in [6.07, 6.45) is 1.50. The molecule has 7 nitrogen and oxygen atoms in total. The summed E-state index contributed by atoms with van der Waals surface area (Å²) in [5.74, 6) is -1.15. The van der Waals surface area contributed by atoms with E-state index in [2.05, 4.69) is 15.4 Å². The molecule has 1 aliphatic rings. The molecular weight excluding hydrogens is 420 g/mol. The number of pyridine rings is 1. The molecule has 0 aliphatic carbocycles. The molecule has 2 aromatic heterocycles. The van der Waals surface area contributed by atoms with Gasteiger partial charge in [-0.25, -0.2) is 14.1 Å². The minimum atomic E-state index is -0.520. The molecule has 1 aliphatic heterocycles. The maximum absolute atomic E-state index is 13.9. The van der Waals surface area contributed by atoms with Crippen LogP contribution in [0.15, 0.2) is 42.6 Å². The highest BCUT2D eigenvalue weighted by molar-refractivity contribution is 6.31. The Kier molecular flexibility index (Phi) is 5.21. The summed E-state index contributed by atoms with van der Waals surface area (Å²) in [6, 6.07) is 8.82. The number of hydrogen-bond acceptors (Lipinski definition) is 4. The molecule has 0 spiro atoms. The van der Waals surface area contributed by atoms with Crippen molar-refractivity contribution < 1.29 is 14.0 Å². The van der Waals surface area contributed by atoms with Crippen LogP contribution in [-0.4, -0.2) is 51.1 Å². The third kappa shape index (κ3) is 4.08. The van der Waals surface area contributed by atoms with Gasteiger partial charge in [-0.1, -0.05) is 23.2 Å². The largest absolute Gasteiger partial charge is 0.353 e. The van der Waals surface area contributed by atoms with Crippen molar-refractivity contribution in [1.29, 1.82) is 0 Å². The number of nitrogens with one attached hydrogen (secondary N) is 1. The van der Waals surface area contributed by atoms with Crippen LogP contribution in [0.4, 0.5) is 4.39 Å². The number of rotatable bonds is 3. The highest BCUT2D eigenvalue weighted by Crippen LogP contribution is 2.28. The van der Waals surface area contributed by atoms with Crippen molar-refractivity contribution in [2.24, 2.45) is 0 Å². The molecule has 3 aromatic rings. The maximum atomic E-state index is 13.9. The van der Waals surface area contributed by atoms with E-state index in [0.717, 1.165) is 0 Å². The number of benzene rings is 1. The van der Waals surface area contributed by atoms with Gasteiger partial charge in [-0.15, -0.1) is 0 Å². The van der Waals surface area contributed by atoms with Crippen molar-refractivity contribution in [3.05, 3.63) is 64.3 Å². The molecular formula is C19H14Cl2FN5O2. The number of carbonyl (C=O) groups is 2. The topological polar surface area (TPSA) is 80.1 Å². The number of carbonyl (C=O) groups excluding carboxylic acids is 2. The lowest BCUT2D eigenvalue weighted by atomic mass is 10.1. The molecule has 3 heterocycles. The Bertz CT molecular complexity index is 1100. The summed E-state index contributed by atoms with van der Waals surface area (Å²) in [7, 11) is 0. The van der Waals surface area contributed by atoms with Gasteiger partial charge in [0.15, 0.2) is 5.69 Å². The van der Waals surface area contributed by atoms with Gasteiger partial charge in [-0.2, -0.15) is 5.10 Å². The molecule has 0 bridgehead atoms. The first-order valence-corrected chi connectivity index (χ1v) is 9.41. The molecule has 2 amide bonds. The maximum Gasteiger partial charge on any atom is 0.274 e. The second-order valence-electron chi connectivity index (χ2n) is 6.40. The van der Waals surface area contributed by atoms with Crippen LogP contribution >= 0.6 is 23.2 Å². The molecule has 0 radical (unpaired) electrons. The predicted octanol–water partition coefficient (Wildman–Crippen LogP) is 2.95. The van der Waals surface area contributed by atoms with Crippen LogP contribution in [0.5, 0.6) is 0 Å². The van der Waals surface area contributed by atoms with Crippen LogP contribution in [0.2, 0.25) is 10.2 Å². The smallest absolute Gasteiger partial charge is 0.274 e. The monoisotopic (exact) mass is 433 g/mol. The number of piperazine rings is 1. The molecule has 1 N–H and O–H groups in total. The molecule has 4 rings (SSSR count). The number of aromatic nitrogens is 3. The van der Waals surface area contributed by atoms with Gasteiger partial charge in [-0.05, 0) is 30.3 Å². The Hall–Kier alpha value is -2.97. The van der Waals surface area contributed by atoms with Crippen LogP contribution in [0, 0.1) is 5.82 Å². The lowest BCUT2D eigenvalue weighted by Crippen LogP contribution is -2.50. The van der Waals surface area contributed by atoms with Gasteiger partial charge in [0, 0.05) is 35.9 Å². The Morgan fingerprint density at radius 2 is 2.00 bits per heavy atom. The van der Waals surface area contributed by atoms with E-state index in [-0.39, 0.29) is 28.3 Å². The Balaban J connectivity index is 1.82. The van der Waals surface area contributed by atoms with E-state index < -0.39 is 11.7 Å². The predicted molar refractivity (Wildman–Crippen MR) is 106 cm³/mol. The first-order valence-electron chi connectivity index (χ1n) is 8.65. The zero-order valence-electron chi connectivity index (χ0n) is 14.9. The fourth-order valence-corrected chi connectivity index (χ4v) is 3.48. The molecule has 1 aromatic carbocycles. The number of hydrogen-bond donors (Lipinski definition) is 1. The fourth-order valence-electron chi connectivity index (χ4n) is 3.09. The first kappa shape index (κ1) is 19.4. The number of amides is 2. The summed E-state index contributed by atoms with van der Waals surface area (Å²) in [5, 5.41) is 7.52. The average molecular weight is 434 g/mol. The Labute approximate surface area is 175 Å². The summed E-state index contributed by atoms with van der Waals surface area (Å²) in [4.78, 5) is 29.9. The van der Waals surface area contributed by atoms with E-state index in [1.807, 2.05) is 0 Å². The standard InChI is InChI=1S/C19H14Cl2FN5O2/c20-12-5-11(6-13(22)7-12)16-9-15(19(29)26-4-3-24-18(28)10-26)25-27(16)14-1-2-23-17(21)8-14/h1-2,5-9H,3-4,10H2,(H,24,28). The summed E-state index contributed by atoms with van der Waals surface area (Å²) >= 11 is 12.0. The van der Waals surface area contributed by atoms with E-state index in [1.165, 1.54) is 34.0 Å². The van der Waals surface area contributed by atoms with Crippen LogP contribution in [0.3, 0.4) is 0 Å². The minimum Gasteiger partial charge on any atom is -0.353 e. The van der Waals surface area contributed by atoms with Gasteiger partial charge in [0.2, 0.25) is 5.91 Å². The van der Waals surface area contributed by atoms with Gasteiger partial charge < -0.3 is 10.2 Å².